The molecule has 0 saturated carbocycles. The largest absolute Gasteiger partial charge is 0.387 e. The summed E-state index contributed by atoms with van der Waals surface area (Å²) in [6, 6.07) is 13.7. The molecule has 1 aliphatic heterocycles. The van der Waals surface area contributed by atoms with Gasteiger partial charge in [-0.1, -0.05) is 45.0 Å². The van der Waals surface area contributed by atoms with E-state index in [9.17, 15) is 35.5 Å². The van der Waals surface area contributed by atoms with Crippen LogP contribution >= 0.6 is 0 Å². The van der Waals surface area contributed by atoms with Crippen LogP contribution in [0.3, 0.4) is 0 Å². The number of nitrogens with zero attached hydrogens (tertiary/aromatic N) is 2. The molecule has 13 heteroatoms. The van der Waals surface area contributed by atoms with Crippen LogP contribution in [0.25, 0.3) is 0 Å². The van der Waals surface area contributed by atoms with Gasteiger partial charge < -0.3 is 15.3 Å². The van der Waals surface area contributed by atoms with Crippen LogP contribution in [0.1, 0.15) is 79.2 Å². The van der Waals surface area contributed by atoms with E-state index in [4.69, 9.17) is 0 Å². The van der Waals surface area contributed by atoms with Gasteiger partial charge in [0.25, 0.3) is 5.91 Å². The Labute approximate surface area is 289 Å². The van der Waals surface area contributed by atoms with Gasteiger partial charge in [0, 0.05) is 50.4 Å². The van der Waals surface area contributed by atoms with Gasteiger partial charge in [-0.25, -0.2) is 25.6 Å². The van der Waals surface area contributed by atoms with Crippen LogP contribution in [-0.2, 0) is 38.5 Å². The summed E-state index contributed by atoms with van der Waals surface area (Å²) in [6.07, 6.45) is 2.16. The number of nitrogens with one attached hydrogen (secondary N) is 1. The molecule has 0 fully saturated rings. The third-order valence-corrected chi connectivity index (χ3v) is 12.0. The van der Waals surface area contributed by atoms with Gasteiger partial charge in [0.1, 0.15) is 11.6 Å². The van der Waals surface area contributed by atoms with Crippen molar-refractivity contribution in [1.29, 1.82) is 0 Å². The number of benzene rings is 3. The zero-order valence-corrected chi connectivity index (χ0v) is 30.2. The fraction of sp³-hybridized carbons (Fsp3) is 0.472. The van der Waals surface area contributed by atoms with Crippen LogP contribution in [0, 0.1) is 11.6 Å². The number of sulfonamides is 1. The fourth-order valence-electron chi connectivity index (χ4n) is 6.18. The number of amides is 1. The molecule has 3 aromatic carbocycles. The molecule has 268 valence electrons. The van der Waals surface area contributed by atoms with E-state index in [0.717, 1.165) is 52.9 Å². The number of sulfone groups is 1. The highest BCUT2D eigenvalue weighted by molar-refractivity contribution is 7.90. The van der Waals surface area contributed by atoms with Gasteiger partial charge in [-0.05, 0) is 85.2 Å². The van der Waals surface area contributed by atoms with E-state index in [1.165, 1.54) is 25.1 Å². The molecule has 49 heavy (non-hydrogen) atoms. The molecule has 0 aliphatic carbocycles. The maximum absolute atomic E-state index is 14.2. The van der Waals surface area contributed by atoms with E-state index in [-0.39, 0.29) is 52.9 Å². The highest BCUT2D eigenvalue weighted by Crippen LogP contribution is 2.30. The van der Waals surface area contributed by atoms with Crippen LogP contribution < -0.4 is 5.32 Å². The van der Waals surface area contributed by atoms with Gasteiger partial charge in [0.05, 0.1) is 22.0 Å². The van der Waals surface area contributed by atoms with Gasteiger partial charge in [0.2, 0.25) is 10.0 Å². The quantitative estimate of drug-likeness (QED) is 0.213. The second-order valence-electron chi connectivity index (χ2n) is 13.1. The monoisotopic (exact) mass is 719 g/mol. The molecule has 9 nitrogen and oxygen atoms in total. The molecule has 4 rings (SSSR count). The van der Waals surface area contributed by atoms with Gasteiger partial charge in [-0.3, -0.25) is 4.79 Å². The molecule has 0 radical (unpaired) electrons. The van der Waals surface area contributed by atoms with E-state index in [2.05, 4.69) is 5.32 Å². The van der Waals surface area contributed by atoms with Crippen molar-refractivity contribution < 1.29 is 35.5 Å². The molecule has 2 atom stereocenters. The summed E-state index contributed by atoms with van der Waals surface area (Å²) in [5.74, 6) is -2.16. The first-order chi connectivity index (χ1) is 23.1. The minimum Gasteiger partial charge on any atom is -0.387 e. The molecule has 2 N–H and O–H groups in total. The van der Waals surface area contributed by atoms with Crippen molar-refractivity contribution in [2.75, 3.05) is 38.5 Å². The lowest BCUT2D eigenvalue weighted by atomic mass is 9.97. The molecular weight excluding hydrogens is 673 g/mol. The van der Waals surface area contributed by atoms with Crippen LogP contribution in [0.5, 0.6) is 0 Å². The summed E-state index contributed by atoms with van der Waals surface area (Å²) in [7, 11) is -7.79. The lowest BCUT2D eigenvalue weighted by Crippen LogP contribution is -2.51. The number of fused-ring (bicyclic) bond motifs is 1. The molecule has 0 spiro atoms. The number of carbonyl (C=O) groups is 1. The van der Waals surface area contributed by atoms with E-state index in [0.29, 0.717) is 18.7 Å². The number of carbonyl (C=O) groups excluding carboxylic acids is 1. The van der Waals surface area contributed by atoms with Gasteiger partial charge in [-0.2, -0.15) is 4.31 Å². The molecule has 1 heterocycles. The topological polar surface area (TPSA) is 124 Å². The fourth-order valence-corrected chi connectivity index (χ4v) is 9.44. The van der Waals surface area contributed by atoms with Crippen LogP contribution in [0.2, 0.25) is 0 Å². The second-order valence-corrected chi connectivity index (χ2v) is 17.1. The molecule has 0 bridgehead atoms. The van der Waals surface area contributed by atoms with Crippen molar-refractivity contribution in [2.45, 2.75) is 75.7 Å². The number of aryl methyl sites for hydroxylation is 1. The lowest BCUT2D eigenvalue weighted by Gasteiger charge is -2.34. The van der Waals surface area contributed by atoms with Crippen molar-refractivity contribution in [1.82, 2.24) is 14.5 Å². The highest BCUT2D eigenvalue weighted by Gasteiger charge is 2.35. The van der Waals surface area contributed by atoms with Crippen molar-refractivity contribution in [2.24, 2.45) is 0 Å². The minimum atomic E-state index is -4.36. The zero-order chi connectivity index (χ0) is 36.0. The molecule has 1 aliphatic rings. The summed E-state index contributed by atoms with van der Waals surface area (Å²) in [5.41, 5.74) is 1.26. The Bertz CT molecular complexity index is 1820. The van der Waals surface area contributed by atoms with Crippen LogP contribution in [0.4, 0.5) is 8.78 Å². The smallest absolute Gasteiger partial charge is 0.253 e. The standard InChI is InChI=1S/C36H47F2N3O6S2/c1-5-14-40(15-6-2)35(42)28-9-8-10-32(20-28)49(46,47)41(16-13-27-17-30(37)21-31(38)18-27)25-36(4,43)24-39-34-23-48(44,45)22-29-12-11-26(7-3)19-33(29)34/h8-12,17-21,34,39,43H,5-7,13-16,22-25H2,1-4H3/t34?,36-/m1/s1. The highest BCUT2D eigenvalue weighted by atomic mass is 32.2. The number of hydrogen-bond donors (Lipinski definition) is 2. The Kier molecular flexibility index (Phi) is 12.7. The molecule has 1 amide bonds. The number of aliphatic hydroxyl groups is 1. The summed E-state index contributed by atoms with van der Waals surface area (Å²) in [6.45, 7) is 7.55. The predicted octanol–water partition coefficient (Wildman–Crippen LogP) is 5.03. The second kappa shape index (κ2) is 16.2. The Hall–Kier alpha value is -3.23. The van der Waals surface area contributed by atoms with Crippen molar-refractivity contribution >= 4 is 25.8 Å². The average molecular weight is 720 g/mol. The first-order valence-electron chi connectivity index (χ1n) is 16.7. The molecule has 1 unspecified atom stereocenters. The molecular formula is C36H47F2N3O6S2. The lowest BCUT2D eigenvalue weighted by molar-refractivity contribution is 0.0385. The van der Waals surface area contributed by atoms with Crippen LogP contribution in [0.15, 0.2) is 65.6 Å². The number of rotatable bonds is 16. The van der Waals surface area contributed by atoms with E-state index >= 15 is 0 Å². The normalized spacial score (nSPS) is 17.0. The van der Waals surface area contributed by atoms with Gasteiger partial charge in [-0.15, -0.1) is 0 Å². The van der Waals surface area contributed by atoms with Crippen molar-refractivity contribution in [3.63, 3.8) is 0 Å². The summed E-state index contributed by atoms with van der Waals surface area (Å²) in [4.78, 5) is 14.8. The number of halogens is 2. The zero-order valence-electron chi connectivity index (χ0n) is 28.6. The predicted molar refractivity (Wildman–Crippen MR) is 186 cm³/mol. The Morgan fingerprint density at radius 1 is 0.959 bits per heavy atom. The Morgan fingerprint density at radius 2 is 1.63 bits per heavy atom. The van der Waals surface area contributed by atoms with Crippen molar-refractivity contribution in [3.8, 4) is 0 Å². The van der Waals surface area contributed by atoms with Crippen molar-refractivity contribution in [3.05, 3.63) is 100 Å². The maximum Gasteiger partial charge on any atom is 0.253 e. The van der Waals surface area contributed by atoms with E-state index < -0.39 is 49.7 Å². The van der Waals surface area contributed by atoms with E-state index in [1.54, 1.807) is 11.0 Å². The summed E-state index contributed by atoms with van der Waals surface area (Å²) in [5, 5.41) is 14.8. The molecule has 0 saturated heterocycles. The summed E-state index contributed by atoms with van der Waals surface area (Å²) >= 11 is 0. The third-order valence-electron chi connectivity index (χ3n) is 8.60. The first-order valence-corrected chi connectivity index (χ1v) is 20.0. The van der Waals surface area contributed by atoms with Crippen LogP contribution in [-0.4, -0.2) is 81.1 Å². The Balaban J connectivity index is 1.63. The Morgan fingerprint density at radius 3 is 2.27 bits per heavy atom. The maximum atomic E-state index is 14.2. The number of hydrogen-bond acceptors (Lipinski definition) is 7. The first kappa shape index (κ1) is 38.6. The van der Waals surface area contributed by atoms with Gasteiger partial charge >= 0.3 is 0 Å². The van der Waals surface area contributed by atoms with E-state index in [1.807, 2.05) is 39.0 Å². The molecule has 3 aromatic rings. The molecule has 0 aromatic heterocycles. The summed E-state index contributed by atoms with van der Waals surface area (Å²) < 4.78 is 83.0. The third kappa shape index (κ3) is 10.2. The SMILES string of the molecule is CCCN(CCC)C(=O)c1cccc(S(=O)(=O)N(CCc2cc(F)cc(F)c2)C[C@](C)(O)CNC2CS(=O)(=O)Cc3ccc(CC)cc32)c1. The average Bonchev–Trinajstić information content (AvgIpc) is 3.04. The minimum absolute atomic E-state index is 0.0646. The van der Waals surface area contributed by atoms with Gasteiger partial charge in [0.15, 0.2) is 9.84 Å².